The van der Waals surface area contributed by atoms with Gasteiger partial charge in [0.05, 0.1) is 19.3 Å². The number of hydrogen-bond donors (Lipinski definition) is 1. The van der Waals surface area contributed by atoms with Crippen LogP contribution in [0.2, 0.25) is 0 Å². The first-order chi connectivity index (χ1) is 9.24. The lowest BCUT2D eigenvalue weighted by atomic mass is 9.91. The summed E-state index contributed by atoms with van der Waals surface area (Å²) in [6, 6.07) is 9.63. The third-order valence-corrected chi connectivity index (χ3v) is 4.50. The molecule has 1 fully saturated rings. The van der Waals surface area contributed by atoms with E-state index in [1.165, 1.54) is 30.6 Å². The highest BCUT2D eigenvalue weighted by Crippen LogP contribution is 2.27. The summed E-state index contributed by atoms with van der Waals surface area (Å²) in [5.41, 5.74) is 2.77. The molecule has 0 radical (unpaired) electrons. The van der Waals surface area contributed by atoms with Gasteiger partial charge in [0.15, 0.2) is 0 Å². The molecule has 1 aromatic rings. The van der Waals surface area contributed by atoms with Gasteiger partial charge in [-0.05, 0) is 37.1 Å². The van der Waals surface area contributed by atoms with E-state index in [0.29, 0.717) is 18.0 Å². The monoisotopic (exact) mass is 260 g/mol. The molecule has 2 aliphatic heterocycles. The smallest absolute Gasteiger partial charge is 0.0721 e. The average Bonchev–Trinajstić information content (AvgIpc) is 2.42. The number of hydrogen-bond acceptors (Lipinski definition) is 3. The van der Waals surface area contributed by atoms with Crippen LogP contribution in [-0.4, -0.2) is 37.7 Å². The van der Waals surface area contributed by atoms with Crippen molar-refractivity contribution >= 4 is 0 Å². The summed E-state index contributed by atoms with van der Waals surface area (Å²) in [6.45, 7) is 6.29. The van der Waals surface area contributed by atoms with E-state index >= 15 is 0 Å². The lowest BCUT2D eigenvalue weighted by Gasteiger charge is -2.38. The molecule has 1 saturated heterocycles. The van der Waals surface area contributed by atoms with Gasteiger partial charge in [0.2, 0.25) is 0 Å². The lowest BCUT2D eigenvalue weighted by Crippen LogP contribution is -2.49. The quantitative estimate of drug-likeness (QED) is 0.882. The minimum atomic E-state index is 0.362. The maximum Gasteiger partial charge on any atom is 0.0721 e. The largest absolute Gasteiger partial charge is 0.375 e. The Labute approximate surface area is 115 Å². The molecular weight excluding hydrogens is 236 g/mol. The molecule has 2 heterocycles. The van der Waals surface area contributed by atoms with Crippen molar-refractivity contribution in [3.8, 4) is 0 Å². The highest BCUT2D eigenvalue weighted by Gasteiger charge is 2.28. The summed E-state index contributed by atoms with van der Waals surface area (Å²) in [4.78, 5) is 2.42. The van der Waals surface area contributed by atoms with Crippen LogP contribution in [0.3, 0.4) is 0 Å². The van der Waals surface area contributed by atoms with Crippen molar-refractivity contribution in [2.75, 3.05) is 26.7 Å². The Balaban J connectivity index is 1.71. The maximum absolute atomic E-state index is 5.73. The molecule has 0 bridgehead atoms. The van der Waals surface area contributed by atoms with E-state index < -0.39 is 0 Å². The number of likely N-dealkylation sites (tertiary alicyclic amines) is 1. The van der Waals surface area contributed by atoms with E-state index in [1.54, 1.807) is 0 Å². The van der Waals surface area contributed by atoms with Crippen LogP contribution in [0, 0.1) is 5.92 Å². The predicted octanol–water partition coefficient (Wildman–Crippen LogP) is 2.19. The van der Waals surface area contributed by atoms with E-state index in [0.717, 1.165) is 13.2 Å². The Kier molecular flexibility index (Phi) is 3.87. The molecule has 3 nitrogen and oxygen atoms in total. The molecule has 0 spiro atoms. The van der Waals surface area contributed by atoms with Crippen molar-refractivity contribution in [2.24, 2.45) is 5.92 Å². The Morgan fingerprint density at radius 1 is 1.32 bits per heavy atom. The van der Waals surface area contributed by atoms with Gasteiger partial charge in [0.25, 0.3) is 0 Å². The molecule has 0 aliphatic carbocycles. The molecular formula is C16H24N2O. The van der Waals surface area contributed by atoms with E-state index in [4.69, 9.17) is 4.74 Å². The van der Waals surface area contributed by atoms with Crippen molar-refractivity contribution in [1.29, 1.82) is 0 Å². The molecule has 2 aliphatic rings. The first-order valence-corrected chi connectivity index (χ1v) is 7.34. The fourth-order valence-electron chi connectivity index (χ4n) is 3.38. The van der Waals surface area contributed by atoms with Gasteiger partial charge in [0.1, 0.15) is 0 Å². The summed E-state index contributed by atoms with van der Waals surface area (Å²) in [5.74, 6) is 0.702. The number of fused-ring (bicyclic) bond motifs is 1. The number of piperidine rings is 1. The van der Waals surface area contributed by atoms with E-state index in [1.807, 2.05) is 0 Å². The van der Waals surface area contributed by atoms with Gasteiger partial charge in [-0.1, -0.05) is 31.2 Å². The zero-order valence-corrected chi connectivity index (χ0v) is 11.9. The van der Waals surface area contributed by atoms with Crippen molar-refractivity contribution < 1.29 is 4.74 Å². The Bertz CT molecular complexity index is 435. The molecule has 3 heteroatoms. The molecule has 1 N–H and O–H groups in total. The zero-order valence-electron chi connectivity index (χ0n) is 11.9. The van der Waals surface area contributed by atoms with Crippen LogP contribution in [-0.2, 0) is 11.3 Å². The number of benzene rings is 1. The summed E-state index contributed by atoms with van der Waals surface area (Å²) >= 11 is 0. The minimum absolute atomic E-state index is 0.362. The molecule has 0 amide bonds. The Morgan fingerprint density at radius 3 is 3.00 bits per heavy atom. The van der Waals surface area contributed by atoms with Crippen LogP contribution in [0.25, 0.3) is 0 Å². The van der Waals surface area contributed by atoms with Gasteiger partial charge >= 0.3 is 0 Å². The molecule has 3 atom stereocenters. The second-order valence-corrected chi connectivity index (χ2v) is 6.07. The fraction of sp³-hybridized carbons (Fsp3) is 0.625. The van der Waals surface area contributed by atoms with Gasteiger partial charge in [-0.3, -0.25) is 0 Å². The van der Waals surface area contributed by atoms with Gasteiger partial charge in [0, 0.05) is 12.6 Å². The van der Waals surface area contributed by atoms with Gasteiger partial charge in [-0.25, -0.2) is 0 Å². The normalized spacial score (nSPS) is 32.0. The predicted molar refractivity (Wildman–Crippen MR) is 77.0 cm³/mol. The van der Waals surface area contributed by atoms with Gasteiger partial charge in [-0.15, -0.1) is 0 Å². The van der Waals surface area contributed by atoms with Crippen molar-refractivity contribution in [2.45, 2.75) is 32.0 Å². The van der Waals surface area contributed by atoms with Crippen LogP contribution in [0.4, 0.5) is 0 Å². The number of nitrogens with zero attached hydrogens (tertiary/aromatic N) is 1. The van der Waals surface area contributed by atoms with Crippen LogP contribution in [0.15, 0.2) is 24.3 Å². The maximum atomic E-state index is 5.73. The second kappa shape index (κ2) is 5.61. The zero-order chi connectivity index (χ0) is 13.2. The summed E-state index contributed by atoms with van der Waals surface area (Å²) in [6.07, 6.45) is 1.23. The van der Waals surface area contributed by atoms with Crippen LogP contribution < -0.4 is 5.32 Å². The molecule has 0 saturated carbocycles. The first-order valence-electron chi connectivity index (χ1n) is 7.34. The summed E-state index contributed by atoms with van der Waals surface area (Å²) in [7, 11) is 2.21. The minimum Gasteiger partial charge on any atom is -0.375 e. The van der Waals surface area contributed by atoms with Gasteiger partial charge in [-0.2, -0.15) is 0 Å². The third kappa shape index (κ3) is 2.83. The van der Waals surface area contributed by atoms with Crippen molar-refractivity contribution in [3.63, 3.8) is 0 Å². The van der Waals surface area contributed by atoms with E-state index in [9.17, 15) is 0 Å². The Hall–Kier alpha value is -0.900. The van der Waals surface area contributed by atoms with Gasteiger partial charge < -0.3 is 15.0 Å². The highest BCUT2D eigenvalue weighted by atomic mass is 16.5. The molecule has 104 valence electrons. The summed E-state index contributed by atoms with van der Waals surface area (Å²) in [5, 5.41) is 3.83. The number of nitrogens with one attached hydrogen (secondary N) is 1. The molecule has 3 rings (SSSR count). The lowest BCUT2D eigenvalue weighted by molar-refractivity contribution is 0.0682. The molecule has 19 heavy (non-hydrogen) atoms. The fourth-order valence-corrected chi connectivity index (χ4v) is 3.38. The van der Waals surface area contributed by atoms with Crippen LogP contribution >= 0.6 is 0 Å². The van der Waals surface area contributed by atoms with Crippen molar-refractivity contribution in [1.82, 2.24) is 10.2 Å². The average molecular weight is 260 g/mol. The van der Waals surface area contributed by atoms with E-state index in [-0.39, 0.29) is 0 Å². The number of rotatable bonds is 2. The second-order valence-electron chi connectivity index (χ2n) is 6.07. The summed E-state index contributed by atoms with van der Waals surface area (Å²) < 4.78 is 5.73. The molecule has 0 aromatic heterocycles. The standard InChI is InChI=1S/C16H24N2O/c1-12-9-18(2)8-7-15(12)17-16-11-19-10-13-5-3-4-6-14(13)16/h3-6,12,15-17H,7-11H2,1-2H3. The Morgan fingerprint density at radius 2 is 2.16 bits per heavy atom. The molecule has 1 aromatic carbocycles. The topological polar surface area (TPSA) is 24.5 Å². The van der Waals surface area contributed by atoms with Crippen molar-refractivity contribution in [3.05, 3.63) is 35.4 Å². The number of ether oxygens (including phenoxy) is 1. The van der Waals surface area contributed by atoms with E-state index in [2.05, 4.69) is 48.5 Å². The van der Waals surface area contributed by atoms with Crippen LogP contribution in [0.5, 0.6) is 0 Å². The van der Waals surface area contributed by atoms with Crippen LogP contribution in [0.1, 0.15) is 30.5 Å². The molecule has 3 unspecified atom stereocenters. The first kappa shape index (κ1) is 13.1. The SMILES string of the molecule is CC1CN(C)CCC1NC1COCc2ccccc21. The third-order valence-electron chi connectivity index (χ3n) is 4.50. The highest BCUT2D eigenvalue weighted by molar-refractivity contribution is 5.31.